The number of ether oxygens (including phenoxy) is 1. The van der Waals surface area contributed by atoms with Gasteiger partial charge in [-0.15, -0.1) is 11.8 Å². The predicted molar refractivity (Wildman–Crippen MR) is 107 cm³/mol. The normalized spacial score (nSPS) is 30.8. The molecule has 0 spiro atoms. The van der Waals surface area contributed by atoms with Gasteiger partial charge >= 0.3 is 6.03 Å². The van der Waals surface area contributed by atoms with Crippen molar-refractivity contribution in [3.63, 3.8) is 0 Å². The minimum absolute atomic E-state index is 0.0627. The van der Waals surface area contributed by atoms with E-state index in [2.05, 4.69) is 10.6 Å². The fourth-order valence-electron chi connectivity index (χ4n) is 5.72. The van der Waals surface area contributed by atoms with E-state index in [0.717, 1.165) is 48.3 Å². The van der Waals surface area contributed by atoms with Gasteiger partial charge in [-0.1, -0.05) is 12.1 Å². The lowest BCUT2D eigenvalue weighted by Crippen LogP contribution is -2.61. The van der Waals surface area contributed by atoms with Crippen molar-refractivity contribution < 1.29 is 14.3 Å². The number of urea groups is 1. The number of amides is 3. The van der Waals surface area contributed by atoms with Gasteiger partial charge in [-0.3, -0.25) is 10.1 Å². The molecule has 4 saturated carbocycles. The van der Waals surface area contributed by atoms with Gasteiger partial charge in [0.05, 0.1) is 12.9 Å². The zero-order valence-electron chi connectivity index (χ0n) is 15.8. The van der Waals surface area contributed by atoms with Crippen molar-refractivity contribution in [1.82, 2.24) is 10.6 Å². The lowest BCUT2D eigenvalue weighted by Gasteiger charge is -2.56. The molecular formula is C21H28N2O3S. The SMILES string of the molecule is COc1cccc(CSCC(=O)NC(=O)NC23CC4CC(CC(C4)C2)C3)c1. The maximum atomic E-state index is 12.4. The highest BCUT2D eigenvalue weighted by Crippen LogP contribution is 2.55. The quantitative estimate of drug-likeness (QED) is 0.779. The molecule has 4 aliphatic carbocycles. The molecule has 4 fully saturated rings. The molecule has 0 aromatic heterocycles. The van der Waals surface area contributed by atoms with Crippen molar-refractivity contribution >= 4 is 23.7 Å². The first-order valence-electron chi connectivity index (χ1n) is 9.86. The zero-order chi connectivity index (χ0) is 18.9. The molecule has 0 radical (unpaired) electrons. The van der Waals surface area contributed by atoms with E-state index in [1.165, 1.54) is 31.0 Å². The van der Waals surface area contributed by atoms with Gasteiger partial charge in [0.15, 0.2) is 0 Å². The van der Waals surface area contributed by atoms with Crippen LogP contribution in [0.4, 0.5) is 4.79 Å². The van der Waals surface area contributed by atoms with Crippen molar-refractivity contribution in [2.75, 3.05) is 12.9 Å². The topological polar surface area (TPSA) is 67.4 Å². The first-order valence-corrected chi connectivity index (χ1v) is 11.0. The molecule has 1 aromatic rings. The van der Waals surface area contributed by atoms with E-state index < -0.39 is 0 Å². The van der Waals surface area contributed by atoms with E-state index in [1.807, 2.05) is 24.3 Å². The van der Waals surface area contributed by atoms with Gasteiger partial charge in [-0.2, -0.15) is 0 Å². The van der Waals surface area contributed by atoms with Gasteiger partial charge in [0, 0.05) is 11.3 Å². The van der Waals surface area contributed by atoms with E-state index in [1.54, 1.807) is 7.11 Å². The summed E-state index contributed by atoms with van der Waals surface area (Å²) in [6, 6.07) is 7.49. The highest BCUT2D eigenvalue weighted by Gasteiger charge is 2.51. The summed E-state index contributed by atoms with van der Waals surface area (Å²) < 4.78 is 5.21. The molecular weight excluding hydrogens is 360 g/mol. The molecule has 0 heterocycles. The third-order valence-corrected chi connectivity index (χ3v) is 7.31. The van der Waals surface area contributed by atoms with Crippen LogP contribution in [0.2, 0.25) is 0 Å². The number of hydrogen-bond donors (Lipinski definition) is 2. The van der Waals surface area contributed by atoms with E-state index in [0.29, 0.717) is 5.75 Å². The Morgan fingerprint density at radius 3 is 2.44 bits per heavy atom. The average Bonchev–Trinajstić information content (AvgIpc) is 2.60. The summed E-state index contributed by atoms with van der Waals surface area (Å²) in [5.41, 5.74) is 1.04. The largest absolute Gasteiger partial charge is 0.497 e. The second kappa shape index (κ2) is 7.74. The van der Waals surface area contributed by atoms with Crippen LogP contribution in [0.1, 0.15) is 44.1 Å². The minimum atomic E-state index is -0.316. The van der Waals surface area contributed by atoms with Crippen LogP contribution < -0.4 is 15.4 Å². The summed E-state index contributed by atoms with van der Waals surface area (Å²) in [5.74, 6) is 3.87. The Kier molecular flexibility index (Phi) is 5.35. The molecule has 0 unspecified atom stereocenters. The molecule has 3 amide bonds. The molecule has 0 atom stereocenters. The van der Waals surface area contributed by atoms with E-state index >= 15 is 0 Å². The van der Waals surface area contributed by atoms with Crippen LogP contribution >= 0.6 is 11.8 Å². The molecule has 2 N–H and O–H groups in total. The second-order valence-electron chi connectivity index (χ2n) is 8.54. The van der Waals surface area contributed by atoms with Crippen molar-refractivity contribution in [3.05, 3.63) is 29.8 Å². The summed E-state index contributed by atoms with van der Waals surface area (Å²) in [6.07, 6.45) is 7.27. The Bertz CT molecular complexity index is 686. The van der Waals surface area contributed by atoms with Crippen molar-refractivity contribution in [1.29, 1.82) is 0 Å². The number of nitrogens with one attached hydrogen (secondary N) is 2. The number of hydrogen-bond acceptors (Lipinski definition) is 4. The van der Waals surface area contributed by atoms with Crippen LogP contribution in [0, 0.1) is 17.8 Å². The van der Waals surface area contributed by atoms with Crippen molar-refractivity contribution in [3.8, 4) is 5.75 Å². The number of methoxy groups -OCH3 is 1. The number of carbonyl (C=O) groups is 2. The van der Waals surface area contributed by atoms with Crippen LogP contribution in [-0.2, 0) is 10.5 Å². The van der Waals surface area contributed by atoms with E-state index in [9.17, 15) is 9.59 Å². The number of benzene rings is 1. The van der Waals surface area contributed by atoms with Crippen LogP contribution in [0.15, 0.2) is 24.3 Å². The lowest BCUT2D eigenvalue weighted by atomic mass is 9.53. The van der Waals surface area contributed by atoms with Gasteiger partial charge in [0.2, 0.25) is 5.91 Å². The molecule has 27 heavy (non-hydrogen) atoms. The lowest BCUT2D eigenvalue weighted by molar-refractivity contribution is -0.117. The van der Waals surface area contributed by atoms with Gasteiger partial charge in [0.1, 0.15) is 5.75 Å². The van der Waals surface area contributed by atoms with Crippen molar-refractivity contribution in [2.45, 2.75) is 49.8 Å². The summed E-state index contributed by atoms with van der Waals surface area (Å²) in [7, 11) is 1.64. The minimum Gasteiger partial charge on any atom is -0.497 e. The van der Waals surface area contributed by atoms with Crippen LogP contribution in [0.3, 0.4) is 0 Å². The molecule has 0 aliphatic heterocycles. The standard InChI is InChI=1S/C21H28N2O3S/c1-26-18-4-2-3-14(8-18)12-27-13-19(24)22-20(25)23-21-9-15-5-16(10-21)7-17(6-15)11-21/h2-4,8,15-17H,5-7,9-13H2,1H3,(H2,22,23,24,25). The number of rotatable bonds is 6. The van der Waals surface area contributed by atoms with Crippen LogP contribution in [-0.4, -0.2) is 30.3 Å². The number of thioether (sulfide) groups is 1. The average molecular weight is 389 g/mol. The van der Waals surface area contributed by atoms with Gasteiger partial charge in [0.25, 0.3) is 0 Å². The summed E-state index contributed by atoms with van der Waals surface area (Å²) in [4.78, 5) is 24.5. The number of imide groups is 1. The highest BCUT2D eigenvalue weighted by atomic mass is 32.2. The maximum Gasteiger partial charge on any atom is 0.321 e. The van der Waals surface area contributed by atoms with Crippen LogP contribution in [0.25, 0.3) is 0 Å². The van der Waals surface area contributed by atoms with E-state index in [-0.39, 0.29) is 23.2 Å². The maximum absolute atomic E-state index is 12.4. The second-order valence-corrected chi connectivity index (χ2v) is 9.53. The van der Waals surface area contributed by atoms with Crippen LogP contribution in [0.5, 0.6) is 5.75 Å². The Labute approximate surface area is 165 Å². The predicted octanol–water partition coefficient (Wildman–Crippen LogP) is 3.72. The molecule has 0 saturated heterocycles. The molecule has 4 bridgehead atoms. The van der Waals surface area contributed by atoms with Gasteiger partial charge in [-0.25, -0.2) is 4.79 Å². The third-order valence-electron chi connectivity index (χ3n) is 6.31. The Morgan fingerprint density at radius 2 is 1.81 bits per heavy atom. The fraction of sp³-hybridized carbons (Fsp3) is 0.619. The summed E-state index contributed by atoms with van der Waals surface area (Å²) in [6.45, 7) is 0. The Hall–Kier alpha value is -1.69. The van der Waals surface area contributed by atoms with Gasteiger partial charge < -0.3 is 10.1 Å². The first-order chi connectivity index (χ1) is 13.0. The van der Waals surface area contributed by atoms with Gasteiger partial charge in [-0.05, 0) is 74.0 Å². The summed E-state index contributed by atoms with van der Waals surface area (Å²) in [5, 5.41) is 5.71. The molecule has 5 rings (SSSR count). The number of carbonyl (C=O) groups excluding carboxylic acids is 2. The molecule has 1 aromatic carbocycles. The first kappa shape index (κ1) is 18.7. The fourth-order valence-corrected chi connectivity index (χ4v) is 6.50. The molecule has 5 nitrogen and oxygen atoms in total. The molecule has 6 heteroatoms. The Morgan fingerprint density at radius 1 is 1.15 bits per heavy atom. The molecule has 146 valence electrons. The van der Waals surface area contributed by atoms with E-state index in [4.69, 9.17) is 4.74 Å². The summed E-state index contributed by atoms with van der Waals surface area (Å²) >= 11 is 1.50. The highest BCUT2D eigenvalue weighted by molar-refractivity contribution is 7.99. The zero-order valence-corrected chi connectivity index (χ0v) is 16.6. The third kappa shape index (κ3) is 4.42. The monoisotopic (exact) mass is 388 g/mol. The Balaban J connectivity index is 1.22. The molecule has 4 aliphatic rings. The van der Waals surface area contributed by atoms with Crippen molar-refractivity contribution in [2.24, 2.45) is 17.8 Å². The smallest absolute Gasteiger partial charge is 0.321 e.